The van der Waals surface area contributed by atoms with Crippen LogP contribution in [0.3, 0.4) is 0 Å². The molecule has 2 aromatic carbocycles. The minimum Gasteiger partial charge on any atom is -0.508 e. The van der Waals surface area contributed by atoms with Crippen LogP contribution in [0.25, 0.3) is 0 Å². The Morgan fingerprint density at radius 1 is 1.07 bits per heavy atom. The highest BCUT2D eigenvalue weighted by Gasteiger charge is 2.31. The van der Waals surface area contributed by atoms with Gasteiger partial charge in [0, 0.05) is 12.1 Å². The Balaban J connectivity index is 1.78. The fourth-order valence-corrected chi connectivity index (χ4v) is 3.56. The highest BCUT2D eigenvalue weighted by atomic mass is 16.5. The molecule has 158 valence electrons. The van der Waals surface area contributed by atoms with Crippen molar-refractivity contribution in [3.63, 3.8) is 0 Å². The van der Waals surface area contributed by atoms with Crippen LogP contribution in [0.5, 0.6) is 23.0 Å². The van der Waals surface area contributed by atoms with E-state index >= 15 is 0 Å². The van der Waals surface area contributed by atoms with Crippen molar-refractivity contribution in [1.29, 1.82) is 0 Å². The first kappa shape index (κ1) is 21.5. The Hall–Kier alpha value is -3.21. The molecule has 5 nitrogen and oxygen atoms in total. The summed E-state index contributed by atoms with van der Waals surface area (Å²) in [6, 6.07) is 7.65. The van der Waals surface area contributed by atoms with Crippen LogP contribution in [-0.2, 0) is 6.42 Å². The summed E-state index contributed by atoms with van der Waals surface area (Å²) in [6.07, 6.45) is 6.39. The van der Waals surface area contributed by atoms with Gasteiger partial charge in [0.15, 0.2) is 5.78 Å². The maximum absolute atomic E-state index is 12.5. The second-order valence-electron chi connectivity index (χ2n) is 8.03. The first-order valence-corrected chi connectivity index (χ1v) is 10.1. The Morgan fingerprint density at radius 2 is 1.83 bits per heavy atom. The highest BCUT2D eigenvalue weighted by molar-refractivity contribution is 6.02. The van der Waals surface area contributed by atoms with Crippen LogP contribution in [-0.4, -0.2) is 21.1 Å². The molecule has 5 heteroatoms. The van der Waals surface area contributed by atoms with Gasteiger partial charge in [0.1, 0.15) is 34.7 Å². The number of ether oxygens (including phenoxy) is 1. The molecule has 0 saturated carbocycles. The Labute approximate surface area is 177 Å². The minimum absolute atomic E-state index is 0.0765. The number of carbonyl (C=O) groups excluding carboxylic acids is 1. The summed E-state index contributed by atoms with van der Waals surface area (Å²) in [5, 5.41) is 29.9. The van der Waals surface area contributed by atoms with Gasteiger partial charge in [0.2, 0.25) is 0 Å². The lowest BCUT2D eigenvalue weighted by molar-refractivity contribution is 0.0845. The molecular formula is C25H28O5. The lowest BCUT2D eigenvalue weighted by Gasteiger charge is -2.26. The van der Waals surface area contributed by atoms with E-state index in [-0.39, 0.29) is 40.8 Å². The van der Waals surface area contributed by atoms with Crippen LogP contribution in [0.4, 0.5) is 0 Å². The van der Waals surface area contributed by atoms with Crippen molar-refractivity contribution >= 4 is 5.78 Å². The predicted molar refractivity (Wildman–Crippen MR) is 116 cm³/mol. The lowest BCUT2D eigenvalue weighted by Crippen LogP contribution is -2.20. The van der Waals surface area contributed by atoms with Gasteiger partial charge in [-0.1, -0.05) is 29.4 Å². The van der Waals surface area contributed by atoms with Crippen molar-refractivity contribution in [3.05, 3.63) is 70.3 Å². The predicted octanol–water partition coefficient (Wildman–Crippen LogP) is 5.75. The molecule has 0 fully saturated rings. The number of hydrogen-bond acceptors (Lipinski definition) is 5. The smallest absolute Gasteiger partial charge is 0.174 e. The van der Waals surface area contributed by atoms with Gasteiger partial charge in [-0.15, -0.1) is 0 Å². The topological polar surface area (TPSA) is 87.0 Å². The molecule has 0 aromatic heterocycles. The Bertz CT molecular complexity index is 1010. The highest BCUT2D eigenvalue weighted by Crippen LogP contribution is 2.42. The average molecular weight is 408 g/mol. The number of carbonyl (C=O) groups is 1. The minimum atomic E-state index is -0.548. The Kier molecular flexibility index (Phi) is 6.50. The summed E-state index contributed by atoms with van der Waals surface area (Å²) in [5.74, 6) is -0.333. The third kappa shape index (κ3) is 5.03. The lowest BCUT2D eigenvalue weighted by atomic mass is 9.94. The van der Waals surface area contributed by atoms with Gasteiger partial charge in [0.05, 0.1) is 6.42 Å². The summed E-state index contributed by atoms with van der Waals surface area (Å²) >= 11 is 0. The van der Waals surface area contributed by atoms with Crippen LogP contribution < -0.4 is 4.74 Å². The van der Waals surface area contributed by atoms with Crippen molar-refractivity contribution < 1.29 is 24.9 Å². The standard InChI is InChI=1S/C25H28O5/c1-15(2)5-4-6-16(3)7-8-17-11-18(9-10-20(17)27)23-14-22(29)25-21(28)12-19(26)13-24(25)30-23/h5,7,9-13,23,26-28H,4,6,8,14H2,1-3H3/t23-/m0/s1. The third-order valence-corrected chi connectivity index (χ3v) is 5.22. The van der Waals surface area contributed by atoms with Crippen molar-refractivity contribution in [1.82, 2.24) is 0 Å². The van der Waals surface area contributed by atoms with Gasteiger partial charge in [-0.25, -0.2) is 0 Å². The van der Waals surface area contributed by atoms with Gasteiger partial charge < -0.3 is 20.1 Å². The van der Waals surface area contributed by atoms with E-state index in [9.17, 15) is 20.1 Å². The van der Waals surface area contributed by atoms with Gasteiger partial charge in [-0.2, -0.15) is 0 Å². The summed E-state index contributed by atoms with van der Waals surface area (Å²) in [5.41, 5.74) is 4.17. The van der Waals surface area contributed by atoms with Crippen LogP contribution >= 0.6 is 0 Å². The maximum atomic E-state index is 12.5. The molecule has 0 aliphatic carbocycles. The molecule has 0 radical (unpaired) electrons. The first-order valence-electron chi connectivity index (χ1n) is 10.1. The van der Waals surface area contributed by atoms with E-state index in [0.717, 1.165) is 30.0 Å². The molecule has 0 unspecified atom stereocenters. The van der Waals surface area contributed by atoms with Gasteiger partial charge in [-0.05, 0) is 63.3 Å². The summed E-state index contributed by atoms with van der Waals surface area (Å²) in [6.45, 7) is 6.25. The van der Waals surface area contributed by atoms with E-state index in [1.807, 2.05) is 6.07 Å². The number of aromatic hydroxyl groups is 3. The molecule has 1 atom stereocenters. The quantitative estimate of drug-likeness (QED) is 0.530. The number of fused-ring (bicyclic) bond motifs is 1. The number of hydrogen-bond donors (Lipinski definition) is 3. The molecule has 3 rings (SSSR count). The SMILES string of the molecule is CC(C)=CCCC(C)=CCc1cc([C@@H]2CC(=O)c3c(O)cc(O)cc3O2)ccc1O. The van der Waals surface area contributed by atoms with Gasteiger partial charge >= 0.3 is 0 Å². The molecule has 3 N–H and O–H groups in total. The van der Waals surface area contributed by atoms with E-state index in [0.29, 0.717) is 6.42 Å². The second kappa shape index (κ2) is 9.08. The molecule has 0 amide bonds. The summed E-state index contributed by atoms with van der Waals surface area (Å²) < 4.78 is 5.90. The third-order valence-electron chi connectivity index (χ3n) is 5.22. The summed E-state index contributed by atoms with van der Waals surface area (Å²) in [4.78, 5) is 12.5. The number of rotatable bonds is 6. The zero-order valence-electron chi connectivity index (χ0n) is 17.6. The summed E-state index contributed by atoms with van der Waals surface area (Å²) in [7, 11) is 0. The number of benzene rings is 2. The van der Waals surface area contributed by atoms with Crippen LogP contribution in [0.1, 0.15) is 67.6 Å². The molecule has 0 bridgehead atoms. The fraction of sp³-hybridized carbons (Fsp3) is 0.320. The van der Waals surface area contributed by atoms with Crippen LogP contribution in [0, 0.1) is 0 Å². The van der Waals surface area contributed by atoms with Gasteiger partial charge in [-0.3, -0.25) is 4.79 Å². The molecule has 2 aromatic rings. The van der Waals surface area contributed by atoms with E-state index < -0.39 is 6.10 Å². The van der Waals surface area contributed by atoms with Crippen LogP contribution in [0.2, 0.25) is 0 Å². The normalized spacial score (nSPS) is 16.0. The molecule has 1 aliphatic rings. The molecule has 30 heavy (non-hydrogen) atoms. The Morgan fingerprint density at radius 3 is 2.57 bits per heavy atom. The number of Topliss-reactive ketones (excluding diaryl/α,β-unsaturated/α-hetero) is 1. The molecule has 1 aliphatic heterocycles. The molecule has 0 spiro atoms. The van der Waals surface area contributed by atoms with Gasteiger partial charge in [0.25, 0.3) is 0 Å². The van der Waals surface area contributed by atoms with Crippen molar-refractivity contribution in [2.75, 3.05) is 0 Å². The van der Waals surface area contributed by atoms with E-state index in [1.165, 1.54) is 17.2 Å². The second-order valence-corrected chi connectivity index (χ2v) is 8.03. The number of phenolic OH excluding ortho intramolecular Hbond substituents is 3. The van der Waals surface area contributed by atoms with Crippen LogP contribution in [0.15, 0.2) is 53.6 Å². The largest absolute Gasteiger partial charge is 0.508 e. The van der Waals surface area contributed by atoms with E-state index in [1.54, 1.807) is 12.1 Å². The number of phenols is 3. The molecule has 1 heterocycles. The fourth-order valence-electron chi connectivity index (χ4n) is 3.56. The first-order chi connectivity index (χ1) is 14.2. The zero-order chi connectivity index (χ0) is 21.8. The van der Waals surface area contributed by atoms with Crippen molar-refractivity contribution in [2.45, 2.75) is 52.6 Å². The van der Waals surface area contributed by atoms with Crippen molar-refractivity contribution in [3.8, 4) is 23.0 Å². The zero-order valence-corrected chi connectivity index (χ0v) is 17.6. The molecular weight excluding hydrogens is 380 g/mol. The van der Waals surface area contributed by atoms with E-state index in [4.69, 9.17) is 4.74 Å². The monoisotopic (exact) mass is 408 g/mol. The van der Waals surface area contributed by atoms with Crippen molar-refractivity contribution in [2.24, 2.45) is 0 Å². The van der Waals surface area contributed by atoms with E-state index in [2.05, 4.69) is 32.9 Å². The average Bonchev–Trinajstić information content (AvgIpc) is 2.66. The number of ketones is 1. The number of allylic oxidation sites excluding steroid dienone is 4. The maximum Gasteiger partial charge on any atom is 0.174 e. The molecule has 0 saturated heterocycles.